The van der Waals surface area contributed by atoms with Crippen LogP contribution < -0.4 is 0 Å². The Labute approximate surface area is 94.5 Å². The van der Waals surface area contributed by atoms with E-state index in [1.807, 2.05) is 13.8 Å². The Morgan fingerprint density at radius 1 is 1.19 bits per heavy atom. The normalized spacial score (nSPS) is 11.6. The van der Waals surface area contributed by atoms with Crippen LogP contribution in [-0.4, -0.2) is 30.3 Å². The van der Waals surface area contributed by atoms with Gasteiger partial charge in [0.25, 0.3) is 6.29 Å². The summed E-state index contributed by atoms with van der Waals surface area (Å²) in [5.74, 6) is 0. The molecule has 0 aliphatic carbocycles. The second-order valence-electron chi connectivity index (χ2n) is 3.17. The van der Waals surface area contributed by atoms with Gasteiger partial charge in [-0.1, -0.05) is 20.3 Å². The fraction of sp³-hybridized carbons (Fsp3) is 0.800. The van der Waals surface area contributed by atoms with Crippen LogP contribution in [0.2, 0.25) is 0 Å². The summed E-state index contributed by atoms with van der Waals surface area (Å²) < 4.78 is 13.8. The highest BCUT2D eigenvalue weighted by molar-refractivity contribution is 5.61. The lowest BCUT2D eigenvalue weighted by atomic mass is 10.3. The average Bonchev–Trinajstić information content (AvgIpc) is 2.17. The monoisotopic (exact) mass is 234 g/mol. The molecule has 1 unspecified atom stereocenters. The van der Waals surface area contributed by atoms with E-state index in [1.54, 1.807) is 0 Å². The SMILES string of the molecule is CCCCOC(=O)OC(CCC)OC(=O)O. The molecule has 94 valence electrons. The van der Waals surface area contributed by atoms with Crippen LogP contribution in [0.25, 0.3) is 0 Å². The van der Waals surface area contributed by atoms with Crippen molar-refractivity contribution in [1.29, 1.82) is 0 Å². The number of hydrogen-bond acceptors (Lipinski definition) is 5. The highest BCUT2D eigenvalue weighted by Gasteiger charge is 2.18. The number of carbonyl (C=O) groups is 2. The first-order chi connectivity index (χ1) is 7.60. The van der Waals surface area contributed by atoms with Gasteiger partial charge in [-0.25, -0.2) is 9.59 Å². The number of unbranched alkanes of at least 4 members (excludes halogenated alkanes) is 1. The number of rotatable bonds is 7. The zero-order valence-corrected chi connectivity index (χ0v) is 9.60. The lowest BCUT2D eigenvalue weighted by molar-refractivity contribution is -0.101. The zero-order valence-electron chi connectivity index (χ0n) is 9.60. The second kappa shape index (κ2) is 8.82. The molecule has 0 fully saturated rings. The minimum atomic E-state index is -1.47. The van der Waals surface area contributed by atoms with E-state index in [0.717, 1.165) is 12.8 Å². The van der Waals surface area contributed by atoms with Gasteiger partial charge in [0.1, 0.15) is 0 Å². The third-order valence-corrected chi connectivity index (χ3v) is 1.70. The van der Waals surface area contributed by atoms with Crippen LogP contribution in [0.1, 0.15) is 39.5 Å². The second-order valence-corrected chi connectivity index (χ2v) is 3.17. The van der Waals surface area contributed by atoms with Gasteiger partial charge >= 0.3 is 12.3 Å². The molecular weight excluding hydrogens is 216 g/mol. The molecule has 16 heavy (non-hydrogen) atoms. The molecule has 0 saturated heterocycles. The van der Waals surface area contributed by atoms with Crippen LogP contribution in [-0.2, 0) is 14.2 Å². The lowest BCUT2D eigenvalue weighted by Crippen LogP contribution is -2.24. The van der Waals surface area contributed by atoms with Crippen LogP contribution in [0.4, 0.5) is 9.59 Å². The van der Waals surface area contributed by atoms with Crippen molar-refractivity contribution in [3.05, 3.63) is 0 Å². The van der Waals surface area contributed by atoms with E-state index in [4.69, 9.17) is 9.84 Å². The van der Waals surface area contributed by atoms with Gasteiger partial charge in [0, 0.05) is 6.42 Å². The summed E-state index contributed by atoms with van der Waals surface area (Å²) in [6.07, 6.45) is -0.857. The van der Waals surface area contributed by atoms with E-state index in [0.29, 0.717) is 12.8 Å². The van der Waals surface area contributed by atoms with Crippen LogP contribution >= 0.6 is 0 Å². The molecule has 0 saturated carbocycles. The van der Waals surface area contributed by atoms with Crippen molar-refractivity contribution in [2.75, 3.05) is 6.61 Å². The largest absolute Gasteiger partial charge is 0.511 e. The maximum Gasteiger partial charge on any atom is 0.511 e. The molecule has 0 rings (SSSR count). The summed E-state index contributed by atoms with van der Waals surface area (Å²) in [6.45, 7) is 4.05. The molecule has 0 radical (unpaired) electrons. The van der Waals surface area contributed by atoms with Gasteiger partial charge in [0.05, 0.1) is 6.61 Å². The summed E-state index contributed by atoms with van der Waals surface area (Å²) in [7, 11) is 0. The summed E-state index contributed by atoms with van der Waals surface area (Å²) in [4.78, 5) is 21.3. The average molecular weight is 234 g/mol. The highest BCUT2D eigenvalue weighted by atomic mass is 16.8. The molecule has 1 atom stereocenters. The van der Waals surface area contributed by atoms with Gasteiger partial charge in [-0.05, 0) is 12.8 Å². The predicted molar refractivity (Wildman–Crippen MR) is 55.1 cm³/mol. The quantitative estimate of drug-likeness (QED) is 0.414. The van der Waals surface area contributed by atoms with Crippen LogP contribution in [0, 0.1) is 0 Å². The van der Waals surface area contributed by atoms with Crippen molar-refractivity contribution in [1.82, 2.24) is 0 Å². The summed E-state index contributed by atoms with van der Waals surface area (Å²) in [6, 6.07) is 0. The van der Waals surface area contributed by atoms with Crippen LogP contribution in [0.5, 0.6) is 0 Å². The van der Waals surface area contributed by atoms with E-state index < -0.39 is 18.6 Å². The number of carboxylic acid groups (broad SMARTS) is 1. The topological polar surface area (TPSA) is 82.1 Å². The van der Waals surface area contributed by atoms with Gasteiger partial charge in [-0.15, -0.1) is 0 Å². The molecule has 0 spiro atoms. The first-order valence-corrected chi connectivity index (χ1v) is 5.33. The molecule has 1 N–H and O–H groups in total. The van der Waals surface area contributed by atoms with Crippen LogP contribution in [0.3, 0.4) is 0 Å². The van der Waals surface area contributed by atoms with Gasteiger partial charge in [0.2, 0.25) is 0 Å². The van der Waals surface area contributed by atoms with Gasteiger partial charge < -0.3 is 19.3 Å². The van der Waals surface area contributed by atoms with Gasteiger partial charge in [-0.3, -0.25) is 0 Å². The Balaban J connectivity index is 3.87. The maximum atomic E-state index is 11.1. The third kappa shape index (κ3) is 7.90. The Bertz CT molecular complexity index is 215. The smallest absolute Gasteiger partial charge is 0.450 e. The fourth-order valence-corrected chi connectivity index (χ4v) is 0.931. The molecule has 6 heteroatoms. The number of ether oxygens (including phenoxy) is 3. The predicted octanol–water partition coefficient (Wildman–Crippen LogP) is 2.76. The molecule has 6 nitrogen and oxygen atoms in total. The molecule has 0 amide bonds. The Morgan fingerprint density at radius 3 is 2.38 bits per heavy atom. The first-order valence-electron chi connectivity index (χ1n) is 5.33. The van der Waals surface area contributed by atoms with Crippen molar-refractivity contribution in [3.8, 4) is 0 Å². The molecule has 0 heterocycles. The van der Waals surface area contributed by atoms with Crippen molar-refractivity contribution < 1.29 is 28.9 Å². The number of hydrogen-bond donors (Lipinski definition) is 1. The fourth-order valence-electron chi connectivity index (χ4n) is 0.931. The number of carbonyl (C=O) groups excluding carboxylic acids is 1. The minimum Gasteiger partial charge on any atom is -0.450 e. The standard InChI is InChI=1S/C10H18O6/c1-3-5-7-14-10(13)16-8(6-4-2)15-9(11)12/h8H,3-7H2,1-2H3,(H,11,12). The molecule has 0 aliphatic rings. The van der Waals surface area contributed by atoms with Crippen molar-refractivity contribution in [2.24, 2.45) is 0 Å². The molecule has 0 bridgehead atoms. The van der Waals surface area contributed by atoms with E-state index in [-0.39, 0.29) is 6.61 Å². The van der Waals surface area contributed by atoms with E-state index in [9.17, 15) is 9.59 Å². The Morgan fingerprint density at radius 2 is 1.88 bits per heavy atom. The van der Waals surface area contributed by atoms with Gasteiger partial charge in [-0.2, -0.15) is 0 Å². The Kier molecular flexibility index (Phi) is 8.01. The Hall–Kier alpha value is -1.46. The van der Waals surface area contributed by atoms with Crippen LogP contribution in [0.15, 0.2) is 0 Å². The first kappa shape index (κ1) is 14.5. The molecule has 0 aromatic heterocycles. The minimum absolute atomic E-state index is 0.265. The molecule has 0 aliphatic heterocycles. The maximum absolute atomic E-state index is 11.1. The van der Waals surface area contributed by atoms with E-state index in [1.165, 1.54) is 0 Å². The zero-order chi connectivity index (χ0) is 12.4. The third-order valence-electron chi connectivity index (χ3n) is 1.70. The van der Waals surface area contributed by atoms with Crippen molar-refractivity contribution >= 4 is 12.3 Å². The summed E-state index contributed by atoms with van der Waals surface area (Å²) >= 11 is 0. The van der Waals surface area contributed by atoms with Gasteiger partial charge in [0.15, 0.2) is 0 Å². The van der Waals surface area contributed by atoms with E-state index in [2.05, 4.69) is 9.47 Å². The van der Waals surface area contributed by atoms with E-state index >= 15 is 0 Å². The van der Waals surface area contributed by atoms with Crippen molar-refractivity contribution in [2.45, 2.75) is 45.8 Å². The highest BCUT2D eigenvalue weighted by Crippen LogP contribution is 2.06. The van der Waals surface area contributed by atoms with Crippen molar-refractivity contribution in [3.63, 3.8) is 0 Å². The summed E-state index contributed by atoms with van der Waals surface area (Å²) in [5, 5.41) is 8.38. The molecular formula is C10H18O6. The molecule has 0 aromatic rings. The lowest BCUT2D eigenvalue weighted by Gasteiger charge is -2.15. The molecule has 0 aromatic carbocycles. The summed E-state index contributed by atoms with van der Waals surface area (Å²) in [5.41, 5.74) is 0.